The minimum atomic E-state index is -0.0295. The first-order valence-electron chi connectivity index (χ1n) is 6.67. The molecule has 0 saturated carbocycles. The lowest BCUT2D eigenvalue weighted by Crippen LogP contribution is -2.51. The van der Waals surface area contributed by atoms with Crippen LogP contribution in [0.5, 0.6) is 0 Å². The van der Waals surface area contributed by atoms with Gasteiger partial charge < -0.3 is 10.6 Å². The quantitative estimate of drug-likeness (QED) is 0.827. The number of nitrogens with zero attached hydrogens (tertiary/aromatic N) is 2. The number of nitrogens with one attached hydrogen (secondary N) is 2. The Labute approximate surface area is 108 Å². The Balaban J connectivity index is 1.74. The second-order valence-corrected chi connectivity index (χ2v) is 5.12. The smallest absolute Gasteiger partial charge is 0.237 e. The van der Waals surface area contributed by atoms with Gasteiger partial charge in [-0.25, -0.2) is 0 Å². The molecule has 1 saturated heterocycles. The maximum absolute atomic E-state index is 12.0. The van der Waals surface area contributed by atoms with E-state index in [1.54, 1.807) is 0 Å². The van der Waals surface area contributed by atoms with Crippen LogP contribution in [0.1, 0.15) is 25.3 Å². The molecule has 1 aliphatic heterocycles. The van der Waals surface area contributed by atoms with Crippen molar-refractivity contribution in [2.24, 2.45) is 5.92 Å². The third-order valence-corrected chi connectivity index (χ3v) is 3.45. The van der Waals surface area contributed by atoms with Crippen molar-refractivity contribution in [3.8, 4) is 0 Å². The Hall–Kier alpha value is -1.36. The van der Waals surface area contributed by atoms with Crippen molar-refractivity contribution in [3.05, 3.63) is 18.0 Å². The van der Waals surface area contributed by atoms with Crippen LogP contribution in [0.15, 0.2) is 12.4 Å². The van der Waals surface area contributed by atoms with Gasteiger partial charge in [-0.05, 0) is 37.8 Å². The van der Waals surface area contributed by atoms with Gasteiger partial charge in [-0.1, -0.05) is 6.92 Å². The zero-order valence-electron chi connectivity index (χ0n) is 11.1. The standard InChI is InChI=1S/C13H22N4O/c1-10-8-16-17(9-10)7-6-15-13(18)12-11(2)4-3-5-14-12/h8-9,11-12,14H,3-7H2,1-2H3,(H,15,18). The first-order chi connectivity index (χ1) is 8.66. The highest BCUT2D eigenvalue weighted by Gasteiger charge is 2.26. The summed E-state index contributed by atoms with van der Waals surface area (Å²) in [5, 5.41) is 10.5. The van der Waals surface area contributed by atoms with Crippen LogP contribution >= 0.6 is 0 Å². The predicted octanol–water partition coefficient (Wildman–Crippen LogP) is 0.696. The van der Waals surface area contributed by atoms with E-state index in [4.69, 9.17) is 0 Å². The molecule has 100 valence electrons. The van der Waals surface area contributed by atoms with Crippen molar-refractivity contribution < 1.29 is 4.79 Å². The molecule has 2 heterocycles. The minimum absolute atomic E-state index is 0.0295. The van der Waals surface area contributed by atoms with Crippen LogP contribution in [0, 0.1) is 12.8 Å². The molecule has 5 nitrogen and oxygen atoms in total. The number of hydrogen-bond acceptors (Lipinski definition) is 3. The van der Waals surface area contributed by atoms with Crippen LogP contribution in [0.4, 0.5) is 0 Å². The molecule has 1 fully saturated rings. The van der Waals surface area contributed by atoms with E-state index in [-0.39, 0.29) is 11.9 Å². The summed E-state index contributed by atoms with van der Waals surface area (Å²) in [6.07, 6.45) is 6.10. The monoisotopic (exact) mass is 250 g/mol. The van der Waals surface area contributed by atoms with E-state index < -0.39 is 0 Å². The van der Waals surface area contributed by atoms with Gasteiger partial charge in [0.1, 0.15) is 0 Å². The van der Waals surface area contributed by atoms with Crippen molar-refractivity contribution in [3.63, 3.8) is 0 Å². The minimum Gasteiger partial charge on any atom is -0.353 e. The number of carbonyl (C=O) groups excluding carboxylic acids is 1. The number of amides is 1. The van der Waals surface area contributed by atoms with Gasteiger partial charge in [0.15, 0.2) is 0 Å². The van der Waals surface area contributed by atoms with Crippen LogP contribution in [0.2, 0.25) is 0 Å². The van der Waals surface area contributed by atoms with Gasteiger partial charge in [-0.2, -0.15) is 5.10 Å². The van der Waals surface area contributed by atoms with E-state index in [0.717, 1.165) is 31.5 Å². The third-order valence-electron chi connectivity index (χ3n) is 3.45. The van der Waals surface area contributed by atoms with Gasteiger partial charge in [-0.3, -0.25) is 9.48 Å². The fourth-order valence-corrected chi connectivity index (χ4v) is 2.39. The van der Waals surface area contributed by atoms with Crippen LogP contribution in [-0.2, 0) is 11.3 Å². The zero-order chi connectivity index (χ0) is 13.0. The molecule has 2 unspecified atom stereocenters. The second kappa shape index (κ2) is 6.00. The number of aryl methyl sites for hydroxylation is 1. The molecule has 2 atom stereocenters. The maximum Gasteiger partial charge on any atom is 0.237 e. The van der Waals surface area contributed by atoms with E-state index in [1.807, 2.05) is 24.0 Å². The molecular weight excluding hydrogens is 228 g/mol. The summed E-state index contributed by atoms with van der Waals surface area (Å²) in [7, 11) is 0. The van der Waals surface area contributed by atoms with Crippen LogP contribution in [0.3, 0.4) is 0 Å². The Morgan fingerprint density at radius 3 is 3.17 bits per heavy atom. The van der Waals surface area contributed by atoms with E-state index in [0.29, 0.717) is 12.5 Å². The van der Waals surface area contributed by atoms with E-state index in [9.17, 15) is 4.79 Å². The molecule has 0 spiro atoms. The Morgan fingerprint density at radius 1 is 1.67 bits per heavy atom. The maximum atomic E-state index is 12.0. The second-order valence-electron chi connectivity index (χ2n) is 5.12. The number of piperidine rings is 1. The SMILES string of the molecule is Cc1cnn(CCNC(=O)C2NCCCC2C)c1. The van der Waals surface area contributed by atoms with Crippen molar-refractivity contribution in [1.82, 2.24) is 20.4 Å². The molecule has 0 aromatic carbocycles. The Bertz CT molecular complexity index is 401. The van der Waals surface area contributed by atoms with Crippen molar-refractivity contribution in [2.45, 2.75) is 39.3 Å². The Morgan fingerprint density at radius 2 is 2.50 bits per heavy atom. The molecule has 0 aliphatic carbocycles. The Kier molecular flexibility index (Phi) is 4.36. The zero-order valence-corrected chi connectivity index (χ0v) is 11.1. The number of hydrogen-bond donors (Lipinski definition) is 2. The molecule has 1 aliphatic rings. The molecular formula is C13H22N4O. The number of rotatable bonds is 4. The fraction of sp³-hybridized carbons (Fsp3) is 0.692. The predicted molar refractivity (Wildman–Crippen MR) is 70.2 cm³/mol. The van der Waals surface area contributed by atoms with Crippen LogP contribution in [-0.4, -0.2) is 34.8 Å². The molecule has 0 radical (unpaired) electrons. The van der Waals surface area contributed by atoms with Gasteiger partial charge in [0.2, 0.25) is 5.91 Å². The first-order valence-corrected chi connectivity index (χ1v) is 6.67. The fourth-order valence-electron chi connectivity index (χ4n) is 2.39. The number of aromatic nitrogens is 2. The molecule has 18 heavy (non-hydrogen) atoms. The van der Waals surface area contributed by atoms with Crippen molar-refractivity contribution in [1.29, 1.82) is 0 Å². The summed E-state index contributed by atoms with van der Waals surface area (Å²) >= 11 is 0. The summed E-state index contributed by atoms with van der Waals surface area (Å²) in [6.45, 7) is 6.44. The van der Waals surface area contributed by atoms with Gasteiger partial charge in [0.05, 0.1) is 18.8 Å². The van der Waals surface area contributed by atoms with Crippen LogP contribution < -0.4 is 10.6 Å². The highest BCUT2D eigenvalue weighted by Crippen LogP contribution is 2.15. The lowest BCUT2D eigenvalue weighted by Gasteiger charge is -2.28. The van der Waals surface area contributed by atoms with Crippen molar-refractivity contribution in [2.75, 3.05) is 13.1 Å². The lowest BCUT2D eigenvalue weighted by molar-refractivity contribution is -0.124. The molecule has 1 aromatic rings. The summed E-state index contributed by atoms with van der Waals surface area (Å²) in [6, 6.07) is -0.0295. The topological polar surface area (TPSA) is 59.0 Å². The third kappa shape index (κ3) is 3.32. The van der Waals surface area contributed by atoms with Gasteiger partial charge in [0, 0.05) is 12.7 Å². The van der Waals surface area contributed by atoms with Gasteiger partial charge in [0.25, 0.3) is 0 Å². The van der Waals surface area contributed by atoms with Gasteiger partial charge >= 0.3 is 0 Å². The normalized spacial score (nSPS) is 23.9. The average molecular weight is 250 g/mol. The lowest BCUT2D eigenvalue weighted by atomic mass is 9.92. The van der Waals surface area contributed by atoms with E-state index in [1.165, 1.54) is 0 Å². The van der Waals surface area contributed by atoms with Crippen LogP contribution in [0.25, 0.3) is 0 Å². The summed E-state index contributed by atoms with van der Waals surface area (Å²) < 4.78 is 1.85. The van der Waals surface area contributed by atoms with Gasteiger partial charge in [-0.15, -0.1) is 0 Å². The molecule has 5 heteroatoms. The average Bonchev–Trinajstić information content (AvgIpc) is 2.75. The largest absolute Gasteiger partial charge is 0.353 e. The highest BCUT2D eigenvalue weighted by molar-refractivity contribution is 5.82. The van der Waals surface area contributed by atoms with Crippen molar-refractivity contribution >= 4 is 5.91 Å². The molecule has 0 bridgehead atoms. The van der Waals surface area contributed by atoms with E-state index in [2.05, 4.69) is 22.7 Å². The summed E-state index contributed by atoms with van der Waals surface area (Å²) in [4.78, 5) is 12.0. The van der Waals surface area contributed by atoms with E-state index >= 15 is 0 Å². The molecule has 1 aromatic heterocycles. The highest BCUT2D eigenvalue weighted by atomic mass is 16.2. The summed E-state index contributed by atoms with van der Waals surface area (Å²) in [5.41, 5.74) is 1.14. The molecule has 2 N–H and O–H groups in total. The summed E-state index contributed by atoms with van der Waals surface area (Å²) in [5.74, 6) is 0.539. The molecule has 2 rings (SSSR count). The molecule has 1 amide bonds. The number of carbonyl (C=O) groups is 1. The first kappa shape index (κ1) is 13.1.